The van der Waals surface area contributed by atoms with Gasteiger partial charge in [0, 0.05) is 32.7 Å². The topological polar surface area (TPSA) is 197 Å². The fourth-order valence-corrected chi connectivity index (χ4v) is 4.17. The molecule has 16 nitrogen and oxygen atoms in total. The van der Waals surface area contributed by atoms with Gasteiger partial charge in [0.05, 0.1) is 18.4 Å². The third-order valence-corrected chi connectivity index (χ3v) is 5.71. The number of amidine groups is 1. The van der Waals surface area contributed by atoms with Crippen LogP contribution in [0.5, 0.6) is 0 Å². The van der Waals surface area contributed by atoms with E-state index < -0.39 is 46.7 Å². The first-order valence-electron chi connectivity index (χ1n) is 10.6. The van der Waals surface area contributed by atoms with E-state index in [2.05, 4.69) is 25.2 Å². The first kappa shape index (κ1) is 27.9. The monoisotopic (exact) mass is 556 g/mol. The van der Waals surface area contributed by atoms with Gasteiger partial charge >= 0.3 is 34.6 Å². The van der Waals surface area contributed by atoms with Crippen molar-refractivity contribution in [1.29, 1.82) is 0 Å². The summed E-state index contributed by atoms with van der Waals surface area (Å²) in [6.45, 7) is -0.293. The Kier molecular flexibility index (Phi) is 8.12. The molecule has 2 atom stereocenters. The molecule has 206 valence electrons. The molecule has 2 bridgehead atoms. The van der Waals surface area contributed by atoms with Crippen LogP contribution in [0.1, 0.15) is 36.2 Å². The van der Waals surface area contributed by atoms with Gasteiger partial charge in [0.2, 0.25) is 0 Å². The van der Waals surface area contributed by atoms with Crippen LogP contribution in [-0.2, 0) is 31.4 Å². The van der Waals surface area contributed by atoms with Gasteiger partial charge in [-0.3, -0.25) is 18.9 Å². The smallest absolute Gasteiger partial charge is 0.372 e. The lowest BCUT2D eigenvalue weighted by Crippen LogP contribution is -2.44. The summed E-state index contributed by atoms with van der Waals surface area (Å²) in [6, 6.07) is -2.82. The molecule has 0 aliphatic carbocycles. The number of alkyl halides is 3. The maximum Gasteiger partial charge on any atom is 0.471 e. The zero-order chi connectivity index (χ0) is 27.5. The molecule has 3 rings (SSSR count). The van der Waals surface area contributed by atoms with Gasteiger partial charge in [-0.1, -0.05) is 5.16 Å². The number of fused-ring (bicyclic) bond motifs is 4. The number of nitrogens with one attached hydrogen (secondary N) is 3. The largest absolute Gasteiger partial charge is 0.471 e. The van der Waals surface area contributed by atoms with Crippen LogP contribution >= 0.6 is 0 Å². The standard InChI is InChI=1S/C17H23F3N8O8S/c1-21-13(25-35-15(30)23-6-4-3-5-22-14(29)17(18,19)20)12-11-9(7-24-26(11)2)10-8-27(12)16(31)28(10)36-37(32,33)34/h7,10,12H,3-6,8H2,1-2H3,(H,21,25)(H,22,29)(H,23,30)(H,32,33,34). The first-order chi connectivity index (χ1) is 17.2. The molecule has 20 heteroatoms. The van der Waals surface area contributed by atoms with Crippen molar-refractivity contribution in [1.82, 2.24) is 35.7 Å². The molecule has 4 amide bonds. The van der Waals surface area contributed by atoms with Crippen LogP contribution in [0.15, 0.2) is 11.4 Å². The second kappa shape index (κ2) is 10.8. The van der Waals surface area contributed by atoms with E-state index in [4.69, 9.17) is 9.39 Å². The highest BCUT2D eigenvalue weighted by Gasteiger charge is 2.53. The Labute approximate surface area is 207 Å². The van der Waals surface area contributed by atoms with Crippen molar-refractivity contribution < 1.29 is 49.6 Å². The second-order valence-electron chi connectivity index (χ2n) is 7.78. The van der Waals surface area contributed by atoms with Gasteiger partial charge in [0.25, 0.3) is 0 Å². The summed E-state index contributed by atoms with van der Waals surface area (Å²) in [6.07, 6.45) is -4.21. The highest BCUT2D eigenvalue weighted by atomic mass is 32.3. The number of rotatable bonds is 9. The quantitative estimate of drug-likeness (QED) is 0.0783. The number of oxime groups is 1. The summed E-state index contributed by atoms with van der Waals surface area (Å²) in [4.78, 5) is 41.6. The number of likely N-dealkylation sites (N-methyl/N-ethyl adjacent to an activating group) is 1. The van der Waals surface area contributed by atoms with E-state index in [1.165, 1.54) is 22.8 Å². The molecule has 1 aromatic rings. The Balaban J connectivity index is 1.62. The highest BCUT2D eigenvalue weighted by Crippen LogP contribution is 2.44. The number of aryl methyl sites for hydroxylation is 1. The molecule has 3 heterocycles. The number of halogens is 3. The molecular formula is C17H23F3N8O8S. The first-order valence-corrected chi connectivity index (χ1v) is 11.9. The SMILES string of the molecule is CN/C(=N\OC(=O)NCCCCNC(=O)C(F)(F)F)C1c2c(cnn2C)C2CN1C(=O)N2OS(=O)(=O)O. The molecule has 1 fully saturated rings. The predicted octanol–water partition coefficient (Wildman–Crippen LogP) is -0.294. The van der Waals surface area contributed by atoms with Crippen molar-refractivity contribution in [3.05, 3.63) is 17.5 Å². The van der Waals surface area contributed by atoms with Crippen LogP contribution in [0, 0.1) is 0 Å². The van der Waals surface area contributed by atoms with Gasteiger partial charge in [0.15, 0.2) is 5.84 Å². The number of carbonyl (C=O) groups excluding carboxylic acids is 3. The minimum absolute atomic E-state index is 0.00859. The van der Waals surface area contributed by atoms with E-state index in [0.29, 0.717) is 16.3 Å². The number of carbonyl (C=O) groups is 3. The van der Waals surface area contributed by atoms with E-state index in [1.54, 1.807) is 12.4 Å². The molecule has 2 unspecified atom stereocenters. The van der Waals surface area contributed by atoms with E-state index in [1.807, 2.05) is 0 Å². The molecule has 0 aromatic carbocycles. The highest BCUT2D eigenvalue weighted by molar-refractivity contribution is 7.80. The zero-order valence-corrected chi connectivity index (χ0v) is 20.2. The Morgan fingerprint density at radius 2 is 1.92 bits per heavy atom. The van der Waals surface area contributed by atoms with Crippen molar-refractivity contribution in [2.75, 3.05) is 26.7 Å². The van der Waals surface area contributed by atoms with Crippen LogP contribution in [0.25, 0.3) is 0 Å². The van der Waals surface area contributed by atoms with Crippen molar-refractivity contribution >= 4 is 34.3 Å². The normalized spacial score (nSPS) is 19.5. The van der Waals surface area contributed by atoms with Gasteiger partial charge in [-0.15, -0.1) is 4.28 Å². The maximum atomic E-state index is 12.9. The van der Waals surface area contributed by atoms with Gasteiger partial charge in [-0.2, -0.15) is 31.8 Å². The third-order valence-electron chi connectivity index (χ3n) is 5.36. The third kappa shape index (κ3) is 6.38. The van der Waals surface area contributed by atoms with Gasteiger partial charge in [0.1, 0.15) is 12.1 Å². The minimum Gasteiger partial charge on any atom is -0.372 e. The lowest BCUT2D eigenvalue weighted by Gasteiger charge is -2.31. The Morgan fingerprint density at radius 3 is 2.51 bits per heavy atom. The van der Waals surface area contributed by atoms with Crippen molar-refractivity contribution in [2.45, 2.75) is 31.1 Å². The molecular weight excluding hydrogens is 533 g/mol. The molecule has 0 radical (unpaired) electrons. The Morgan fingerprint density at radius 1 is 1.27 bits per heavy atom. The van der Waals surface area contributed by atoms with Crippen LogP contribution < -0.4 is 16.0 Å². The van der Waals surface area contributed by atoms with Gasteiger partial charge in [-0.25, -0.2) is 9.59 Å². The molecule has 1 saturated heterocycles. The number of hydrogen-bond acceptors (Lipinski definition) is 9. The van der Waals surface area contributed by atoms with E-state index in [0.717, 1.165) is 0 Å². The number of hydrogen-bond donors (Lipinski definition) is 4. The number of amides is 4. The lowest BCUT2D eigenvalue weighted by molar-refractivity contribution is -0.173. The minimum atomic E-state index is -5.01. The fraction of sp³-hybridized carbons (Fsp3) is 0.588. The molecule has 4 N–H and O–H groups in total. The van der Waals surface area contributed by atoms with Crippen LogP contribution in [0.2, 0.25) is 0 Å². The molecule has 2 aliphatic rings. The summed E-state index contributed by atoms with van der Waals surface area (Å²) in [5.41, 5.74) is 0.812. The summed E-state index contributed by atoms with van der Waals surface area (Å²) >= 11 is 0. The van der Waals surface area contributed by atoms with Crippen LogP contribution in [0.4, 0.5) is 22.8 Å². The van der Waals surface area contributed by atoms with Crippen molar-refractivity contribution in [3.8, 4) is 0 Å². The van der Waals surface area contributed by atoms with Crippen LogP contribution in [-0.4, -0.2) is 89.4 Å². The van der Waals surface area contributed by atoms with E-state index in [-0.39, 0.29) is 38.3 Å². The van der Waals surface area contributed by atoms with E-state index in [9.17, 15) is 36.0 Å². The average Bonchev–Trinajstić information content (AvgIpc) is 3.30. The maximum absolute atomic E-state index is 12.9. The summed E-state index contributed by atoms with van der Waals surface area (Å²) in [5, 5.41) is 15.1. The van der Waals surface area contributed by atoms with Crippen molar-refractivity contribution in [2.24, 2.45) is 12.2 Å². The number of hydroxylamine groups is 2. The average molecular weight is 556 g/mol. The van der Waals surface area contributed by atoms with Crippen LogP contribution in [0.3, 0.4) is 0 Å². The van der Waals surface area contributed by atoms with E-state index >= 15 is 0 Å². The molecule has 0 saturated carbocycles. The molecule has 37 heavy (non-hydrogen) atoms. The van der Waals surface area contributed by atoms with Gasteiger partial charge in [-0.05, 0) is 12.8 Å². The molecule has 0 spiro atoms. The lowest BCUT2D eigenvalue weighted by atomic mass is 9.97. The number of aromatic nitrogens is 2. The molecule has 1 aromatic heterocycles. The Bertz CT molecular complexity index is 1190. The number of urea groups is 1. The zero-order valence-electron chi connectivity index (χ0n) is 19.4. The summed E-state index contributed by atoms with van der Waals surface area (Å²) in [5.74, 6) is -2.08. The summed E-state index contributed by atoms with van der Waals surface area (Å²) < 4.78 is 73.7. The van der Waals surface area contributed by atoms with Gasteiger partial charge < -0.3 is 20.9 Å². The second-order valence-corrected chi connectivity index (χ2v) is 8.79. The van der Waals surface area contributed by atoms with Crippen molar-refractivity contribution in [3.63, 3.8) is 0 Å². The summed E-state index contributed by atoms with van der Waals surface area (Å²) in [7, 11) is -2.01. The number of nitrogens with zero attached hydrogens (tertiary/aromatic N) is 5. The predicted molar refractivity (Wildman–Crippen MR) is 115 cm³/mol. The molecule has 2 aliphatic heterocycles. The fourth-order valence-electron chi connectivity index (χ4n) is 3.80. The number of unbranched alkanes of at least 4 members (excludes halogenated alkanes) is 1. The Hall–Kier alpha value is -3.65.